The van der Waals surface area contributed by atoms with Gasteiger partial charge in [0, 0.05) is 32.1 Å². The van der Waals surface area contributed by atoms with E-state index in [1.807, 2.05) is 31.2 Å². The monoisotopic (exact) mass is 386 g/mol. The molecule has 1 rings (SSSR count). The highest BCUT2D eigenvalue weighted by Crippen LogP contribution is 2.24. The first-order chi connectivity index (χ1) is 13.4. The highest BCUT2D eigenvalue weighted by atomic mass is 16.5. The van der Waals surface area contributed by atoms with E-state index < -0.39 is 0 Å². The number of hydrogen-bond donors (Lipinski definition) is 0. The smallest absolute Gasteiger partial charge is 0.330 e. The van der Waals surface area contributed by atoms with E-state index in [0.717, 1.165) is 11.1 Å². The molecule has 28 heavy (non-hydrogen) atoms. The van der Waals surface area contributed by atoms with Crippen LogP contribution in [0.25, 0.3) is 6.08 Å². The molecular formula is C24H34O4. The largest absolute Gasteiger partial charge is 0.463 e. The van der Waals surface area contributed by atoms with Crippen LogP contribution in [-0.4, -0.2) is 39.0 Å². The van der Waals surface area contributed by atoms with Gasteiger partial charge in [-0.15, -0.1) is 0 Å². The van der Waals surface area contributed by atoms with Gasteiger partial charge in [0.05, 0.1) is 18.8 Å². The Morgan fingerprint density at radius 2 is 1.75 bits per heavy atom. The molecule has 0 aliphatic carbocycles. The fourth-order valence-corrected chi connectivity index (χ4v) is 3.16. The van der Waals surface area contributed by atoms with Gasteiger partial charge >= 0.3 is 5.97 Å². The normalized spacial score (nSPS) is 16.9. The lowest BCUT2D eigenvalue weighted by Gasteiger charge is -2.30. The summed E-state index contributed by atoms with van der Waals surface area (Å²) < 4.78 is 16.4. The Morgan fingerprint density at radius 3 is 2.32 bits per heavy atom. The van der Waals surface area contributed by atoms with E-state index in [-0.39, 0.29) is 30.0 Å². The Labute approximate surface area is 169 Å². The number of ether oxygens (including phenoxy) is 3. The summed E-state index contributed by atoms with van der Waals surface area (Å²) in [5.41, 5.74) is 1.98. The van der Waals surface area contributed by atoms with Crippen molar-refractivity contribution in [2.75, 3.05) is 20.8 Å². The van der Waals surface area contributed by atoms with Crippen LogP contribution in [-0.2, 0) is 19.0 Å². The average molecular weight is 387 g/mol. The molecule has 0 aromatic heterocycles. The van der Waals surface area contributed by atoms with Gasteiger partial charge in [-0.05, 0) is 25.0 Å². The number of carbonyl (C=O) groups excluding carboxylic acids is 1. The van der Waals surface area contributed by atoms with Gasteiger partial charge in [0.1, 0.15) is 0 Å². The van der Waals surface area contributed by atoms with Crippen LogP contribution in [0.1, 0.15) is 33.3 Å². The van der Waals surface area contributed by atoms with Crippen LogP contribution in [0.4, 0.5) is 0 Å². The van der Waals surface area contributed by atoms with Gasteiger partial charge in [-0.3, -0.25) is 0 Å². The van der Waals surface area contributed by atoms with Crippen LogP contribution >= 0.6 is 0 Å². The van der Waals surface area contributed by atoms with Gasteiger partial charge in [-0.2, -0.15) is 0 Å². The van der Waals surface area contributed by atoms with E-state index in [1.54, 1.807) is 21.1 Å². The first-order valence-electron chi connectivity index (χ1n) is 9.75. The van der Waals surface area contributed by atoms with Crippen molar-refractivity contribution in [2.24, 2.45) is 11.8 Å². The fourth-order valence-electron chi connectivity index (χ4n) is 3.16. The van der Waals surface area contributed by atoms with Crippen LogP contribution in [0, 0.1) is 11.8 Å². The minimum atomic E-state index is -0.320. The van der Waals surface area contributed by atoms with Crippen molar-refractivity contribution in [3.8, 4) is 0 Å². The Balaban J connectivity index is 2.81. The molecule has 1 aromatic carbocycles. The third-order valence-corrected chi connectivity index (χ3v) is 4.67. The van der Waals surface area contributed by atoms with Crippen molar-refractivity contribution in [1.29, 1.82) is 0 Å². The Morgan fingerprint density at radius 1 is 1.07 bits per heavy atom. The summed E-state index contributed by atoms with van der Waals surface area (Å²) in [6.07, 6.45) is 9.54. The second kappa shape index (κ2) is 13.1. The summed E-state index contributed by atoms with van der Waals surface area (Å²) in [4.78, 5) is 11.5. The quantitative estimate of drug-likeness (QED) is 0.303. The average Bonchev–Trinajstić information content (AvgIpc) is 2.68. The second-order valence-electron chi connectivity index (χ2n) is 6.89. The van der Waals surface area contributed by atoms with Crippen LogP contribution < -0.4 is 0 Å². The van der Waals surface area contributed by atoms with Crippen LogP contribution in [0.15, 0.2) is 60.2 Å². The van der Waals surface area contributed by atoms with Crippen LogP contribution in [0.3, 0.4) is 0 Å². The molecular weight excluding hydrogens is 352 g/mol. The van der Waals surface area contributed by atoms with Crippen molar-refractivity contribution in [3.05, 3.63) is 65.8 Å². The zero-order chi connectivity index (χ0) is 20.9. The maximum Gasteiger partial charge on any atom is 0.330 e. The van der Waals surface area contributed by atoms with Gasteiger partial charge < -0.3 is 14.2 Å². The van der Waals surface area contributed by atoms with Gasteiger partial charge in [-0.1, -0.05) is 68.5 Å². The lowest BCUT2D eigenvalue weighted by molar-refractivity contribution is -0.137. The maximum absolute atomic E-state index is 11.5. The molecule has 0 fully saturated rings. The van der Waals surface area contributed by atoms with E-state index in [2.05, 4.69) is 44.2 Å². The summed E-state index contributed by atoms with van der Waals surface area (Å²) in [6, 6.07) is 10.2. The first-order valence-corrected chi connectivity index (χ1v) is 9.75. The lowest BCUT2D eigenvalue weighted by Crippen LogP contribution is -2.35. The summed E-state index contributed by atoms with van der Waals surface area (Å²) in [5.74, 6) is -0.0308. The highest BCUT2D eigenvalue weighted by molar-refractivity contribution is 5.83. The highest BCUT2D eigenvalue weighted by Gasteiger charge is 2.27. The molecule has 0 saturated heterocycles. The molecule has 0 radical (unpaired) electrons. The Hall–Kier alpha value is -2.17. The molecule has 0 aliphatic rings. The molecule has 0 aliphatic heterocycles. The van der Waals surface area contributed by atoms with E-state index in [1.165, 1.54) is 6.08 Å². The molecule has 0 saturated carbocycles. The Kier molecular flexibility index (Phi) is 11.2. The van der Waals surface area contributed by atoms with Gasteiger partial charge in [0.15, 0.2) is 0 Å². The maximum atomic E-state index is 11.5. The molecule has 4 nitrogen and oxygen atoms in total. The SMILES string of the molecule is CCOC(=O)/C=C(C)/C=C/[C@H](C)[C@H](OC)[C@H](C)[C@H](/C=C/c1ccccc1)OC. The van der Waals surface area contributed by atoms with Gasteiger partial charge in [0.2, 0.25) is 0 Å². The van der Waals surface area contributed by atoms with Crippen molar-refractivity contribution in [1.82, 2.24) is 0 Å². The Bertz CT molecular complexity index is 660. The molecule has 154 valence electrons. The number of hydrogen-bond acceptors (Lipinski definition) is 4. The van der Waals surface area contributed by atoms with E-state index in [0.29, 0.717) is 6.61 Å². The van der Waals surface area contributed by atoms with Crippen LogP contribution in [0.5, 0.6) is 0 Å². The number of benzene rings is 1. The number of allylic oxidation sites excluding steroid dienone is 2. The van der Waals surface area contributed by atoms with Crippen molar-refractivity contribution < 1.29 is 19.0 Å². The molecule has 0 spiro atoms. The fraction of sp³-hybridized carbons (Fsp3) is 0.458. The predicted molar refractivity (Wildman–Crippen MR) is 115 cm³/mol. The van der Waals surface area contributed by atoms with Gasteiger partial charge in [0.25, 0.3) is 0 Å². The van der Waals surface area contributed by atoms with Crippen molar-refractivity contribution in [3.63, 3.8) is 0 Å². The van der Waals surface area contributed by atoms with Crippen molar-refractivity contribution in [2.45, 2.75) is 39.9 Å². The first kappa shape index (κ1) is 23.9. The molecule has 0 N–H and O–H groups in total. The minimum Gasteiger partial charge on any atom is -0.463 e. The van der Waals surface area contributed by atoms with Crippen molar-refractivity contribution >= 4 is 12.0 Å². The summed E-state index contributed by atoms with van der Waals surface area (Å²) in [5, 5.41) is 0. The minimum absolute atomic E-state index is 0.0305. The second-order valence-corrected chi connectivity index (χ2v) is 6.89. The van der Waals surface area contributed by atoms with Gasteiger partial charge in [-0.25, -0.2) is 4.79 Å². The van der Waals surface area contributed by atoms with E-state index in [9.17, 15) is 4.79 Å². The van der Waals surface area contributed by atoms with Crippen LogP contribution in [0.2, 0.25) is 0 Å². The molecule has 0 bridgehead atoms. The summed E-state index contributed by atoms with van der Waals surface area (Å²) in [7, 11) is 3.44. The zero-order valence-corrected chi connectivity index (χ0v) is 17.9. The number of esters is 1. The number of methoxy groups -OCH3 is 2. The lowest BCUT2D eigenvalue weighted by atomic mass is 9.88. The predicted octanol–water partition coefficient (Wildman–Crippen LogP) is 5.07. The number of carbonyl (C=O) groups is 1. The molecule has 4 atom stereocenters. The molecule has 0 heterocycles. The standard InChI is InChI=1S/C24H34O4/c1-7-28-23(25)17-18(2)13-14-19(3)24(27-6)20(4)22(26-5)16-15-21-11-9-8-10-12-21/h8-17,19-20,22,24H,7H2,1-6H3/b14-13+,16-15+,18-17+/t19-,20+,22-,24-/m0/s1. The van der Waals surface area contributed by atoms with E-state index >= 15 is 0 Å². The zero-order valence-electron chi connectivity index (χ0n) is 17.9. The number of rotatable bonds is 11. The third kappa shape index (κ3) is 8.24. The molecule has 0 amide bonds. The molecule has 1 aromatic rings. The summed E-state index contributed by atoms with van der Waals surface area (Å²) in [6.45, 7) is 8.28. The molecule has 4 heteroatoms. The van der Waals surface area contributed by atoms with E-state index in [4.69, 9.17) is 14.2 Å². The topological polar surface area (TPSA) is 44.8 Å². The third-order valence-electron chi connectivity index (χ3n) is 4.67. The summed E-state index contributed by atoms with van der Waals surface area (Å²) >= 11 is 0. The molecule has 0 unspecified atom stereocenters.